The van der Waals surface area contributed by atoms with Gasteiger partial charge >= 0.3 is 0 Å². The molecular formula is C23H27NO6. The van der Waals surface area contributed by atoms with Gasteiger partial charge in [0.15, 0.2) is 12.6 Å². The van der Waals surface area contributed by atoms with E-state index in [9.17, 15) is 14.4 Å². The SMILES string of the molecule is CCOc1cccc(C(=O)N2CCCCC2)c1C=O.COc1cccc(O)c1C=O. The van der Waals surface area contributed by atoms with Crippen LogP contribution in [0.3, 0.4) is 0 Å². The van der Waals surface area contributed by atoms with Gasteiger partial charge in [0.25, 0.3) is 5.91 Å². The number of aromatic hydroxyl groups is 1. The predicted molar refractivity (Wildman–Crippen MR) is 113 cm³/mol. The summed E-state index contributed by atoms with van der Waals surface area (Å²) in [5, 5.41) is 9.11. The van der Waals surface area contributed by atoms with Crippen LogP contribution in [-0.2, 0) is 0 Å². The highest BCUT2D eigenvalue weighted by Crippen LogP contribution is 2.25. The van der Waals surface area contributed by atoms with E-state index in [4.69, 9.17) is 14.6 Å². The first-order chi connectivity index (χ1) is 14.6. The summed E-state index contributed by atoms with van der Waals surface area (Å²) in [7, 11) is 1.45. The van der Waals surface area contributed by atoms with Crippen LogP contribution < -0.4 is 9.47 Å². The van der Waals surface area contributed by atoms with Crippen molar-refractivity contribution in [3.8, 4) is 17.2 Å². The van der Waals surface area contributed by atoms with Gasteiger partial charge in [0.1, 0.15) is 17.2 Å². The Labute approximate surface area is 176 Å². The molecule has 1 heterocycles. The normalized spacial score (nSPS) is 12.9. The molecule has 0 unspecified atom stereocenters. The maximum Gasteiger partial charge on any atom is 0.254 e. The molecular weight excluding hydrogens is 386 g/mol. The number of aldehydes is 2. The second-order valence-electron chi connectivity index (χ2n) is 6.63. The molecule has 2 aromatic carbocycles. The van der Waals surface area contributed by atoms with E-state index < -0.39 is 0 Å². The highest BCUT2D eigenvalue weighted by Gasteiger charge is 2.22. The number of hydrogen-bond acceptors (Lipinski definition) is 6. The molecule has 0 atom stereocenters. The molecule has 0 bridgehead atoms. The minimum atomic E-state index is -0.0663. The number of phenolic OH excluding ortho intramolecular Hbond substituents is 1. The largest absolute Gasteiger partial charge is 0.507 e. The highest BCUT2D eigenvalue weighted by molar-refractivity contribution is 6.02. The fourth-order valence-corrected chi connectivity index (χ4v) is 3.23. The van der Waals surface area contributed by atoms with Gasteiger partial charge < -0.3 is 19.5 Å². The lowest BCUT2D eigenvalue weighted by molar-refractivity contribution is 0.0721. The summed E-state index contributed by atoms with van der Waals surface area (Å²) in [5.74, 6) is 0.753. The Bertz CT molecular complexity index is 874. The summed E-state index contributed by atoms with van der Waals surface area (Å²) in [4.78, 5) is 35.9. The van der Waals surface area contributed by atoms with Gasteiger partial charge in [-0.1, -0.05) is 12.1 Å². The second kappa shape index (κ2) is 11.6. The molecule has 2 aromatic rings. The van der Waals surface area contributed by atoms with Gasteiger partial charge in [-0.05, 0) is 50.5 Å². The Hall–Kier alpha value is -3.35. The summed E-state index contributed by atoms with van der Waals surface area (Å²) in [6.45, 7) is 3.88. The zero-order chi connectivity index (χ0) is 21.9. The third-order valence-electron chi connectivity index (χ3n) is 4.74. The maximum atomic E-state index is 12.4. The van der Waals surface area contributed by atoms with Crippen molar-refractivity contribution < 1.29 is 29.0 Å². The van der Waals surface area contributed by atoms with Crippen molar-refractivity contribution in [2.24, 2.45) is 0 Å². The van der Waals surface area contributed by atoms with Crippen LogP contribution >= 0.6 is 0 Å². The van der Waals surface area contributed by atoms with Crippen LogP contribution in [0.5, 0.6) is 17.2 Å². The predicted octanol–water partition coefficient (Wildman–Crippen LogP) is 3.74. The number of methoxy groups -OCH3 is 1. The molecule has 0 saturated carbocycles. The molecule has 1 aliphatic heterocycles. The van der Waals surface area contributed by atoms with Crippen LogP contribution in [0.15, 0.2) is 36.4 Å². The van der Waals surface area contributed by atoms with Crippen LogP contribution in [0.4, 0.5) is 0 Å². The van der Waals surface area contributed by atoms with Crippen LogP contribution in [0.1, 0.15) is 57.3 Å². The fraction of sp³-hybridized carbons (Fsp3) is 0.348. The smallest absolute Gasteiger partial charge is 0.254 e. The topological polar surface area (TPSA) is 93.1 Å². The van der Waals surface area contributed by atoms with Crippen LogP contribution in [0, 0.1) is 0 Å². The molecule has 0 radical (unpaired) electrons. The number of hydrogen-bond donors (Lipinski definition) is 1. The van der Waals surface area contributed by atoms with E-state index in [2.05, 4.69) is 0 Å². The minimum absolute atomic E-state index is 0.0562. The first-order valence-electron chi connectivity index (χ1n) is 9.88. The third kappa shape index (κ3) is 5.59. The van der Waals surface area contributed by atoms with Crippen LogP contribution in [0.2, 0.25) is 0 Å². The summed E-state index contributed by atoms with van der Waals surface area (Å²) in [5.41, 5.74) is 0.998. The molecule has 1 saturated heterocycles. The van der Waals surface area contributed by atoms with Gasteiger partial charge in [-0.15, -0.1) is 0 Å². The van der Waals surface area contributed by atoms with Crippen molar-refractivity contribution >= 4 is 18.5 Å². The van der Waals surface area contributed by atoms with E-state index in [1.807, 2.05) is 11.8 Å². The van der Waals surface area contributed by atoms with E-state index in [0.717, 1.165) is 25.9 Å². The van der Waals surface area contributed by atoms with Crippen molar-refractivity contribution in [3.63, 3.8) is 0 Å². The Kier molecular flexibility index (Phi) is 8.87. The zero-order valence-corrected chi connectivity index (χ0v) is 17.3. The molecule has 1 amide bonds. The first-order valence-corrected chi connectivity index (χ1v) is 9.88. The van der Waals surface area contributed by atoms with Crippen molar-refractivity contribution in [2.75, 3.05) is 26.8 Å². The summed E-state index contributed by atoms with van der Waals surface area (Å²) >= 11 is 0. The molecule has 0 aromatic heterocycles. The van der Waals surface area contributed by atoms with Gasteiger partial charge in [-0.25, -0.2) is 0 Å². The van der Waals surface area contributed by atoms with Gasteiger partial charge in [0.05, 0.1) is 30.4 Å². The number of ether oxygens (including phenoxy) is 2. The number of carbonyl (C=O) groups excluding carboxylic acids is 3. The number of rotatable bonds is 6. The lowest BCUT2D eigenvalue weighted by atomic mass is 10.0. The molecule has 0 aliphatic carbocycles. The number of piperidine rings is 1. The molecule has 1 aliphatic rings. The van der Waals surface area contributed by atoms with Crippen LogP contribution in [-0.4, -0.2) is 55.3 Å². The number of carbonyl (C=O) groups is 3. The van der Waals surface area contributed by atoms with Crippen molar-refractivity contribution in [1.82, 2.24) is 4.90 Å². The minimum Gasteiger partial charge on any atom is -0.507 e. The number of nitrogens with zero attached hydrogens (tertiary/aromatic N) is 1. The highest BCUT2D eigenvalue weighted by atomic mass is 16.5. The van der Waals surface area contributed by atoms with Gasteiger partial charge in [0.2, 0.25) is 0 Å². The molecule has 30 heavy (non-hydrogen) atoms. The Morgan fingerprint density at radius 3 is 2.20 bits per heavy atom. The van der Waals surface area contributed by atoms with Gasteiger partial charge in [-0.2, -0.15) is 0 Å². The summed E-state index contributed by atoms with van der Waals surface area (Å²) < 4.78 is 10.2. The van der Waals surface area contributed by atoms with Crippen LogP contribution in [0.25, 0.3) is 0 Å². The zero-order valence-electron chi connectivity index (χ0n) is 17.3. The van der Waals surface area contributed by atoms with E-state index in [1.54, 1.807) is 30.3 Å². The van der Waals surface area contributed by atoms with Crippen molar-refractivity contribution in [2.45, 2.75) is 26.2 Å². The Morgan fingerprint density at radius 2 is 1.63 bits per heavy atom. The fourth-order valence-electron chi connectivity index (χ4n) is 3.23. The lowest BCUT2D eigenvalue weighted by Gasteiger charge is -2.27. The van der Waals surface area contributed by atoms with Crippen molar-refractivity contribution in [1.29, 1.82) is 0 Å². The monoisotopic (exact) mass is 413 g/mol. The van der Waals surface area contributed by atoms with E-state index >= 15 is 0 Å². The van der Waals surface area contributed by atoms with Gasteiger partial charge in [-0.3, -0.25) is 14.4 Å². The standard InChI is InChI=1S/C15H19NO3.C8H8O3/c1-2-19-14-8-6-7-12(13(14)11-17)15(18)16-9-4-3-5-10-16;1-11-8-4-2-3-7(10)6(8)5-9/h6-8,11H,2-5,9-10H2,1H3;2-5,10H,1H3. The Balaban J connectivity index is 0.000000248. The molecule has 160 valence electrons. The average molecular weight is 413 g/mol. The second-order valence-corrected chi connectivity index (χ2v) is 6.63. The van der Waals surface area contributed by atoms with E-state index in [-0.39, 0.29) is 17.2 Å². The molecule has 3 rings (SSSR count). The molecule has 1 N–H and O–H groups in total. The average Bonchev–Trinajstić information content (AvgIpc) is 2.79. The van der Waals surface area contributed by atoms with E-state index in [0.29, 0.717) is 41.8 Å². The summed E-state index contributed by atoms with van der Waals surface area (Å²) in [6, 6.07) is 9.84. The molecule has 7 heteroatoms. The first kappa shape index (κ1) is 22.9. The number of likely N-dealkylation sites (tertiary alicyclic amines) is 1. The lowest BCUT2D eigenvalue weighted by Crippen LogP contribution is -2.36. The Morgan fingerprint density at radius 1 is 1.00 bits per heavy atom. The van der Waals surface area contributed by atoms with Crippen molar-refractivity contribution in [3.05, 3.63) is 53.1 Å². The number of benzene rings is 2. The molecule has 1 fully saturated rings. The number of amides is 1. The molecule has 7 nitrogen and oxygen atoms in total. The number of phenols is 1. The summed E-state index contributed by atoms with van der Waals surface area (Å²) in [6.07, 6.45) is 4.51. The quantitative estimate of drug-likeness (QED) is 0.725. The maximum absolute atomic E-state index is 12.4. The third-order valence-corrected chi connectivity index (χ3v) is 4.74. The molecule has 0 spiro atoms. The van der Waals surface area contributed by atoms with Gasteiger partial charge in [0, 0.05) is 13.1 Å². The van der Waals surface area contributed by atoms with E-state index in [1.165, 1.54) is 19.6 Å².